The zero-order valence-corrected chi connectivity index (χ0v) is 17.1. The van der Waals surface area contributed by atoms with E-state index in [4.69, 9.17) is 21.1 Å². The number of hydrogen-bond acceptors (Lipinski definition) is 5. The van der Waals surface area contributed by atoms with Gasteiger partial charge in [0.1, 0.15) is 17.2 Å². The molecule has 1 unspecified atom stereocenters. The van der Waals surface area contributed by atoms with Crippen LogP contribution in [0.25, 0.3) is 0 Å². The number of anilines is 1. The van der Waals surface area contributed by atoms with E-state index in [1.807, 2.05) is 0 Å². The fourth-order valence-corrected chi connectivity index (χ4v) is 3.12. The van der Waals surface area contributed by atoms with Gasteiger partial charge in [-0.05, 0) is 61.5 Å². The van der Waals surface area contributed by atoms with Gasteiger partial charge in [-0.15, -0.1) is 0 Å². The summed E-state index contributed by atoms with van der Waals surface area (Å²) in [6.07, 6.45) is -0.737. The van der Waals surface area contributed by atoms with Crippen LogP contribution in [0.1, 0.15) is 27.6 Å². The number of ether oxygens (including phenoxy) is 2. The second kappa shape index (κ2) is 8.49. The van der Waals surface area contributed by atoms with Crippen LogP contribution in [0.2, 0.25) is 5.02 Å². The van der Waals surface area contributed by atoms with Gasteiger partial charge in [-0.2, -0.15) is 0 Å². The van der Waals surface area contributed by atoms with Crippen molar-refractivity contribution < 1.29 is 23.9 Å². The van der Waals surface area contributed by atoms with Gasteiger partial charge in [0.25, 0.3) is 17.7 Å². The van der Waals surface area contributed by atoms with E-state index in [0.717, 1.165) is 0 Å². The highest BCUT2D eigenvalue weighted by Gasteiger charge is 2.27. The van der Waals surface area contributed by atoms with Gasteiger partial charge >= 0.3 is 0 Å². The number of fused-ring (bicyclic) bond motifs is 1. The maximum absolute atomic E-state index is 12.5. The summed E-state index contributed by atoms with van der Waals surface area (Å²) < 4.78 is 11.4. The van der Waals surface area contributed by atoms with Gasteiger partial charge in [-0.25, -0.2) is 0 Å². The molecule has 31 heavy (non-hydrogen) atoms. The van der Waals surface area contributed by atoms with E-state index in [9.17, 15) is 14.4 Å². The van der Waals surface area contributed by atoms with E-state index in [0.29, 0.717) is 33.5 Å². The van der Waals surface area contributed by atoms with Gasteiger partial charge in [0.2, 0.25) is 0 Å². The lowest BCUT2D eigenvalue weighted by Gasteiger charge is -2.15. The van der Waals surface area contributed by atoms with Gasteiger partial charge in [-0.3, -0.25) is 19.7 Å². The summed E-state index contributed by atoms with van der Waals surface area (Å²) in [5, 5.41) is 5.59. The first-order chi connectivity index (χ1) is 14.9. The fourth-order valence-electron chi connectivity index (χ4n) is 3.00. The van der Waals surface area contributed by atoms with Crippen molar-refractivity contribution in [3.05, 3.63) is 82.9 Å². The quantitative estimate of drug-likeness (QED) is 0.558. The molecule has 1 aliphatic heterocycles. The molecule has 0 fully saturated rings. The molecule has 0 saturated heterocycles. The second-order valence-corrected chi connectivity index (χ2v) is 7.26. The van der Waals surface area contributed by atoms with E-state index in [-0.39, 0.29) is 11.5 Å². The smallest absolute Gasteiger partial charge is 0.265 e. The Morgan fingerprint density at radius 1 is 0.903 bits per heavy atom. The van der Waals surface area contributed by atoms with Crippen LogP contribution in [0.3, 0.4) is 0 Å². The van der Waals surface area contributed by atoms with E-state index >= 15 is 0 Å². The summed E-state index contributed by atoms with van der Waals surface area (Å²) in [7, 11) is 0. The predicted octanol–water partition coefficient (Wildman–Crippen LogP) is 4.42. The van der Waals surface area contributed by atoms with Gasteiger partial charge in [0.15, 0.2) is 6.10 Å². The summed E-state index contributed by atoms with van der Waals surface area (Å²) in [4.78, 5) is 35.9. The van der Waals surface area contributed by atoms with Crippen molar-refractivity contribution in [2.24, 2.45) is 0 Å². The summed E-state index contributed by atoms with van der Waals surface area (Å²) in [6, 6.07) is 18.2. The van der Waals surface area contributed by atoms with Crippen LogP contribution in [0.15, 0.2) is 66.7 Å². The number of benzene rings is 3. The highest BCUT2D eigenvalue weighted by molar-refractivity contribution is 6.30. The Labute approximate surface area is 182 Å². The van der Waals surface area contributed by atoms with E-state index in [2.05, 4.69) is 10.6 Å². The topological polar surface area (TPSA) is 93.7 Å². The second-order valence-electron chi connectivity index (χ2n) is 6.82. The molecule has 1 aliphatic rings. The molecule has 0 saturated carbocycles. The number of hydrogen-bond donors (Lipinski definition) is 2. The van der Waals surface area contributed by atoms with Gasteiger partial charge in [-0.1, -0.05) is 17.7 Å². The van der Waals surface area contributed by atoms with Gasteiger partial charge in [0.05, 0.1) is 11.1 Å². The van der Waals surface area contributed by atoms with Crippen LogP contribution in [-0.2, 0) is 4.79 Å². The van der Waals surface area contributed by atoms with E-state index in [1.54, 1.807) is 61.5 Å². The molecule has 1 atom stereocenters. The van der Waals surface area contributed by atoms with E-state index < -0.39 is 17.9 Å². The molecule has 0 radical (unpaired) electrons. The molecule has 156 valence electrons. The average Bonchev–Trinajstić information content (AvgIpc) is 3.03. The number of carbonyl (C=O) groups is 3. The third-order valence-electron chi connectivity index (χ3n) is 4.54. The number of amides is 3. The first kappa shape index (κ1) is 20.4. The van der Waals surface area contributed by atoms with E-state index in [1.165, 1.54) is 12.1 Å². The lowest BCUT2D eigenvalue weighted by molar-refractivity contribution is -0.122. The molecule has 0 aliphatic carbocycles. The monoisotopic (exact) mass is 436 g/mol. The van der Waals surface area contributed by atoms with Crippen molar-refractivity contribution in [2.45, 2.75) is 13.0 Å². The molecule has 4 rings (SSSR count). The third-order valence-corrected chi connectivity index (χ3v) is 4.79. The molecule has 0 bridgehead atoms. The maximum atomic E-state index is 12.5. The first-order valence-corrected chi connectivity index (χ1v) is 9.77. The lowest BCUT2D eigenvalue weighted by atomic mass is 10.1. The van der Waals surface area contributed by atoms with Crippen molar-refractivity contribution in [1.29, 1.82) is 0 Å². The number of carbonyl (C=O) groups excluding carboxylic acids is 3. The average molecular weight is 437 g/mol. The number of imide groups is 1. The molecule has 3 amide bonds. The number of rotatable bonds is 6. The van der Waals surface area contributed by atoms with Crippen LogP contribution in [-0.4, -0.2) is 23.8 Å². The molecular weight excluding hydrogens is 420 g/mol. The molecule has 1 heterocycles. The molecule has 0 aromatic heterocycles. The predicted molar refractivity (Wildman–Crippen MR) is 115 cm³/mol. The van der Waals surface area contributed by atoms with Crippen LogP contribution in [0.4, 0.5) is 5.69 Å². The fraction of sp³-hybridized carbons (Fsp3) is 0.0870. The van der Waals surface area contributed by atoms with Gasteiger partial charge < -0.3 is 14.8 Å². The molecule has 3 aromatic carbocycles. The Hall–Kier alpha value is -3.84. The Kier molecular flexibility index (Phi) is 5.60. The minimum atomic E-state index is -0.737. The third kappa shape index (κ3) is 4.67. The molecule has 0 spiro atoms. The molecule has 2 N–H and O–H groups in total. The number of halogens is 1. The number of nitrogens with one attached hydrogen (secondary N) is 2. The van der Waals surface area contributed by atoms with Crippen molar-refractivity contribution in [3.8, 4) is 17.2 Å². The van der Waals surface area contributed by atoms with Crippen LogP contribution in [0, 0.1) is 0 Å². The standard InChI is InChI=1S/C23H17ClN2O5/c1-13(30-16-7-5-14(24)6-8-16)21(27)25-15-3-2-4-17(11-15)31-18-9-10-19-20(12-18)23(29)26-22(19)28/h2-13H,1H3,(H,25,27)(H,26,28,29). The highest BCUT2D eigenvalue weighted by atomic mass is 35.5. The van der Waals surface area contributed by atoms with Gasteiger partial charge in [0, 0.05) is 16.8 Å². The van der Waals surface area contributed by atoms with Crippen molar-refractivity contribution in [2.75, 3.05) is 5.32 Å². The highest BCUT2D eigenvalue weighted by Crippen LogP contribution is 2.28. The molecular formula is C23H17ClN2O5. The first-order valence-electron chi connectivity index (χ1n) is 9.40. The normalized spacial score (nSPS) is 13.2. The van der Waals surface area contributed by atoms with Crippen molar-refractivity contribution in [1.82, 2.24) is 5.32 Å². The summed E-state index contributed by atoms with van der Waals surface area (Å²) in [6.45, 7) is 1.64. The lowest BCUT2D eigenvalue weighted by Crippen LogP contribution is -2.30. The SMILES string of the molecule is CC(Oc1ccc(Cl)cc1)C(=O)Nc1cccc(Oc2ccc3c(c2)C(=O)NC3=O)c1. The Balaban J connectivity index is 1.42. The molecule has 3 aromatic rings. The maximum Gasteiger partial charge on any atom is 0.265 e. The Bertz CT molecular complexity index is 1180. The zero-order valence-electron chi connectivity index (χ0n) is 16.3. The van der Waals surface area contributed by atoms with Crippen LogP contribution < -0.4 is 20.1 Å². The van der Waals surface area contributed by atoms with Crippen LogP contribution >= 0.6 is 11.6 Å². The Morgan fingerprint density at radius 3 is 2.35 bits per heavy atom. The summed E-state index contributed by atoms with van der Waals surface area (Å²) >= 11 is 5.85. The van der Waals surface area contributed by atoms with Crippen LogP contribution in [0.5, 0.6) is 17.2 Å². The van der Waals surface area contributed by atoms with Crippen molar-refractivity contribution >= 4 is 35.0 Å². The Morgan fingerprint density at radius 2 is 1.58 bits per heavy atom. The minimum absolute atomic E-state index is 0.264. The summed E-state index contributed by atoms with van der Waals surface area (Å²) in [5.74, 6) is 0.163. The zero-order chi connectivity index (χ0) is 22.0. The van der Waals surface area contributed by atoms with Crippen molar-refractivity contribution in [3.63, 3.8) is 0 Å². The minimum Gasteiger partial charge on any atom is -0.481 e. The molecule has 7 nitrogen and oxygen atoms in total. The molecule has 8 heteroatoms. The summed E-state index contributed by atoms with van der Waals surface area (Å²) in [5.41, 5.74) is 1.09. The largest absolute Gasteiger partial charge is 0.481 e.